The van der Waals surface area contributed by atoms with Crippen molar-refractivity contribution < 1.29 is 24.5 Å². The lowest BCUT2D eigenvalue weighted by Gasteiger charge is -2.36. The van der Waals surface area contributed by atoms with Gasteiger partial charge < -0.3 is 19.8 Å². The summed E-state index contributed by atoms with van der Waals surface area (Å²) in [5, 5.41) is 18.2. The van der Waals surface area contributed by atoms with E-state index in [0.717, 1.165) is 81.7 Å². The Labute approximate surface area is 261 Å². The Kier molecular flexibility index (Phi) is 13.3. The van der Waals surface area contributed by atoms with Crippen LogP contribution in [0.3, 0.4) is 0 Å². The summed E-state index contributed by atoms with van der Waals surface area (Å²) in [6.45, 7) is 6.20. The van der Waals surface area contributed by atoms with Crippen LogP contribution in [0.1, 0.15) is 66.4 Å². The molecule has 3 aromatic carbocycles. The van der Waals surface area contributed by atoms with E-state index in [-0.39, 0.29) is 17.9 Å². The molecule has 1 atom stereocenters. The maximum Gasteiger partial charge on any atom is 0.335 e. The second-order valence-corrected chi connectivity index (χ2v) is 11.6. The molecule has 3 aromatic rings. The summed E-state index contributed by atoms with van der Waals surface area (Å²) in [5.74, 6) is -0.636. The largest absolute Gasteiger partial charge is 0.493 e. The van der Waals surface area contributed by atoms with Gasteiger partial charge in [-0.2, -0.15) is 0 Å². The van der Waals surface area contributed by atoms with Crippen LogP contribution < -0.4 is 9.64 Å². The fourth-order valence-electron chi connectivity index (χ4n) is 5.69. The van der Waals surface area contributed by atoms with Gasteiger partial charge in [0.15, 0.2) is 0 Å². The van der Waals surface area contributed by atoms with E-state index in [0.29, 0.717) is 13.0 Å². The molecule has 1 saturated heterocycles. The Hall–Kier alpha value is -4.10. The summed E-state index contributed by atoms with van der Waals surface area (Å²) < 4.78 is 6.21. The average molecular weight is 599 g/mol. The molecule has 1 fully saturated rings. The molecule has 44 heavy (non-hydrogen) atoms. The highest BCUT2D eigenvalue weighted by atomic mass is 16.5. The van der Waals surface area contributed by atoms with Crippen LogP contribution in [-0.4, -0.2) is 66.4 Å². The molecule has 0 spiro atoms. The van der Waals surface area contributed by atoms with E-state index >= 15 is 0 Å². The lowest BCUT2D eigenvalue weighted by atomic mass is 9.92. The number of carbonyl (C=O) groups is 2. The van der Waals surface area contributed by atoms with Crippen LogP contribution in [0.5, 0.6) is 5.75 Å². The third-order valence-corrected chi connectivity index (χ3v) is 8.25. The second kappa shape index (κ2) is 17.9. The number of unbranched alkanes of at least 4 members (excludes halogenated alkanes) is 3. The van der Waals surface area contributed by atoms with E-state index in [4.69, 9.17) is 9.84 Å². The van der Waals surface area contributed by atoms with Gasteiger partial charge in [0.05, 0.1) is 12.2 Å². The van der Waals surface area contributed by atoms with Crippen LogP contribution in [0.25, 0.3) is 6.08 Å². The molecule has 0 saturated carbocycles. The summed E-state index contributed by atoms with van der Waals surface area (Å²) in [5.41, 5.74) is 3.68. The van der Waals surface area contributed by atoms with E-state index in [2.05, 4.69) is 58.4 Å². The Morgan fingerprint density at radius 1 is 0.795 bits per heavy atom. The first kappa shape index (κ1) is 32.8. The topological polar surface area (TPSA) is 90.3 Å². The number of piperazine rings is 1. The molecule has 0 radical (unpaired) electrons. The summed E-state index contributed by atoms with van der Waals surface area (Å²) in [4.78, 5) is 27.2. The number of anilines is 1. The van der Waals surface area contributed by atoms with Crippen molar-refractivity contribution in [2.45, 2.75) is 51.4 Å². The second-order valence-electron chi connectivity index (χ2n) is 11.6. The molecule has 234 valence electrons. The summed E-state index contributed by atoms with van der Waals surface area (Å²) in [6, 6.07) is 25.7. The molecule has 0 aliphatic carbocycles. The van der Waals surface area contributed by atoms with Gasteiger partial charge in [0, 0.05) is 43.9 Å². The molecule has 1 aliphatic rings. The minimum absolute atomic E-state index is 0.172. The smallest absolute Gasteiger partial charge is 0.335 e. The predicted octanol–water partition coefficient (Wildman–Crippen LogP) is 7.27. The maximum absolute atomic E-state index is 11.2. The van der Waals surface area contributed by atoms with E-state index in [1.54, 1.807) is 12.1 Å². The van der Waals surface area contributed by atoms with Crippen molar-refractivity contribution >= 4 is 23.7 Å². The third-order valence-electron chi connectivity index (χ3n) is 8.25. The fourth-order valence-corrected chi connectivity index (χ4v) is 5.69. The first-order valence-corrected chi connectivity index (χ1v) is 15.9. The number of nitrogens with zero attached hydrogens (tertiary/aromatic N) is 2. The van der Waals surface area contributed by atoms with Crippen molar-refractivity contribution in [3.8, 4) is 5.75 Å². The van der Waals surface area contributed by atoms with E-state index in [1.165, 1.54) is 12.1 Å². The summed E-state index contributed by atoms with van der Waals surface area (Å²) in [6.07, 6.45) is 10.9. The van der Waals surface area contributed by atoms with Crippen LogP contribution >= 0.6 is 0 Å². The van der Waals surface area contributed by atoms with Gasteiger partial charge in [-0.15, -0.1) is 0 Å². The van der Waals surface area contributed by atoms with Gasteiger partial charge in [-0.25, -0.2) is 4.79 Å². The molecule has 1 aliphatic heterocycles. The number of aliphatic carboxylic acids is 1. The van der Waals surface area contributed by atoms with Crippen LogP contribution in [-0.2, 0) is 11.2 Å². The normalized spacial score (nSPS) is 14.5. The Morgan fingerprint density at radius 2 is 1.52 bits per heavy atom. The number of carboxylic acids is 2. The molecule has 0 amide bonds. The van der Waals surface area contributed by atoms with Crippen molar-refractivity contribution in [2.75, 3.05) is 44.2 Å². The number of benzene rings is 3. The zero-order valence-electron chi connectivity index (χ0n) is 25.7. The van der Waals surface area contributed by atoms with E-state index in [1.807, 2.05) is 30.3 Å². The lowest BCUT2D eigenvalue weighted by molar-refractivity contribution is -0.137. The van der Waals surface area contributed by atoms with Gasteiger partial charge in [-0.3, -0.25) is 9.69 Å². The van der Waals surface area contributed by atoms with Gasteiger partial charge >= 0.3 is 11.9 Å². The summed E-state index contributed by atoms with van der Waals surface area (Å²) in [7, 11) is 0. The molecule has 4 rings (SSSR count). The Morgan fingerprint density at radius 3 is 2.25 bits per heavy atom. The zero-order chi connectivity index (χ0) is 31.0. The number of hydrogen-bond acceptors (Lipinski definition) is 5. The molecule has 1 unspecified atom stereocenters. The highest BCUT2D eigenvalue weighted by Gasteiger charge is 2.16. The predicted molar refractivity (Wildman–Crippen MR) is 177 cm³/mol. The number of hydrogen-bond donors (Lipinski definition) is 2. The Bertz CT molecular complexity index is 1320. The number of aromatic carboxylic acids is 1. The third kappa shape index (κ3) is 11.2. The molecule has 7 heteroatoms. The highest BCUT2D eigenvalue weighted by molar-refractivity contribution is 5.87. The monoisotopic (exact) mass is 598 g/mol. The molecule has 0 aromatic heterocycles. The van der Waals surface area contributed by atoms with Crippen molar-refractivity contribution in [1.29, 1.82) is 0 Å². The van der Waals surface area contributed by atoms with Gasteiger partial charge in [0.25, 0.3) is 0 Å². The van der Waals surface area contributed by atoms with Crippen LogP contribution in [0.2, 0.25) is 0 Å². The van der Waals surface area contributed by atoms with Crippen molar-refractivity contribution in [1.82, 2.24) is 4.90 Å². The van der Waals surface area contributed by atoms with Crippen LogP contribution in [0.15, 0.2) is 84.9 Å². The van der Waals surface area contributed by atoms with Gasteiger partial charge in [0.1, 0.15) is 5.75 Å². The first-order valence-electron chi connectivity index (χ1n) is 15.9. The molecular formula is C37H46N2O5. The minimum atomic E-state index is -0.934. The van der Waals surface area contributed by atoms with Crippen molar-refractivity contribution in [3.05, 3.63) is 102 Å². The summed E-state index contributed by atoms with van der Waals surface area (Å²) >= 11 is 0. The van der Waals surface area contributed by atoms with Gasteiger partial charge in [-0.1, -0.05) is 67.1 Å². The number of ether oxygens (including phenoxy) is 1. The zero-order valence-corrected chi connectivity index (χ0v) is 25.7. The SMILES string of the molecule is O=C(O)CCCCC(/C=C/c1ccccc1OCCCCCN1CCN(c2ccccc2)CC1)Cc1ccc(C(=O)O)cc1. The average Bonchev–Trinajstić information content (AvgIpc) is 3.04. The number of carboxylic acid groups (broad SMARTS) is 2. The fraction of sp³-hybridized carbons (Fsp3) is 0.405. The lowest BCUT2D eigenvalue weighted by Crippen LogP contribution is -2.46. The van der Waals surface area contributed by atoms with Gasteiger partial charge in [0.2, 0.25) is 0 Å². The molecular weight excluding hydrogens is 552 g/mol. The standard InChI is InChI=1S/C37H46N2O5/c40-36(41)16-8-5-11-30(29-31-18-21-33(22-19-31)37(42)43)17-20-32-12-6-7-15-35(32)44-28-10-2-9-23-38-24-26-39(27-25-38)34-13-3-1-4-14-34/h1,3-4,6-7,12-15,17-22,30H,2,5,8-11,16,23-29H2,(H,40,41)(H,42,43)/b20-17+. The van der Waals surface area contributed by atoms with Gasteiger partial charge in [-0.05, 0) is 86.9 Å². The minimum Gasteiger partial charge on any atom is -0.493 e. The number of rotatable bonds is 18. The quantitative estimate of drug-likeness (QED) is 0.149. The van der Waals surface area contributed by atoms with Crippen LogP contribution in [0.4, 0.5) is 5.69 Å². The van der Waals surface area contributed by atoms with Crippen LogP contribution in [0, 0.1) is 5.92 Å². The van der Waals surface area contributed by atoms with E-state index < -0.39 is 11.9 Å². The Balaban J connectivity index is 1.22. The van der Waals surface area contributed by atoms with E-state index in [9.17, 15) is 14.7 Å². The van der Waals surface area contributed by atoms with Crippen molar-refractivity contribution in [3.63, 3.8) is 0 Å². The molecule has 7 nitrogen and oxygen atoms in total. The van der Waals surface area contributed by atoms with Crippen molar-refractivity contribution in [2.24, 2.45) is 5.92 Å². The number of para-hydroxylation sites is 2. The molecule has 2 N–H and O–H groups in total. The number of allylic oxidation sites excluding steroid dienone is 1. The highest BCUT2D eigenvalue weighted by Crippen LogP contribution is 2.24. The first-order chi connectivity index (χ1) is 21.5. The molecule has 1 heterocycles. The maximum atomic E-state index is 11.2. The molecule has 0 bridgehead atoms.